The number of likely N-dealkylation sites (N-methyl/N-ethyl adjacent to an activating group) is 1. The minimum absolute atomic E-state index is 0.00288. The normalized spacial score (nSPS) is 12.5. The molecule has 0 aliphatic heterocycles. The number of nitrogens with zero attached hydrogens (tertiary/aromatic N) is 1. The van der Waals surface area contributed by atoms with Gasteiger partial charge in [-0.1, -0.05) is 18.2 Å². The van der Waals surface area contributed by atoms with E-state index >= 15 is 0 Å². The van der Waals surface area contributed by atoms with Crippen molar-refractivity contribution in [3.05, 3.63) is 35.6 Å². The van der Waals surface area contributed by atoms with Crippen LogP contribution >= 0.6 is 0 Å². The standard InChI is InChI=1S/C13H19FN2O2/c1-10(9-17)16(2)8-13(18)15-7-11-5-3-4-6-12(11)14/h3-6,10,17H,7-9H2,1-2H3,(H,15,18). The molecule has 0 saturated heterocycles. The molecule has 2 N–H and O–H groups in total. The Bertz CT molecular complexity index is 398. The second-order valence-electron chi connectivity index (χ2n) is 4.31. The third kappa shape index (κ3) is 4.43. The van der Waals surface area contributed by atoms with Gasteiger partial charge in [-0.05, 0) is 20.0 Å². The van der Waals surface area contributed by atoms with E-state index in [1.54, 1.807) is 30.1 Å². The lowest BCUT2D eigenvalue weighted by molar-refractivity contribution is -0.122. The molecule has 1 unspecified atom stereocenters. The SMILES string of the molecule is CC(CO)N(C)CC(=O)NCc1ccccc1F. The third-order valence-electron chi connectivity index (χ3n) is 2.84. The molecule has 18 heavy (non-hydrogen) atoms. The fraction of sp³-hybridized carbons (Fsp3) is 0.462. The molecule has 0 fully saturated rings. The van der Waals surface area contributed by atoms with Crippen LogP contribution in [0.2, 0.25) is 0 Å². The number of aliphatic hydroxyl groups is 1. The summed E-state index contributed by atoms with van der Waals surface area (Å²) in [6.07, 6.45) is 0. The summed E-state index contributed by atoms with van der Waals surface area (Å²) in [6, 6.07) is 6.25. The lowest BCUT2D eigenvalue weighted by Crippen LogP contribution is -2.40. The number of nitrogens with one attached hydrogen (secondary N) is 1. The first-order valence-electron chi connectivity index (χ1n) is 5.85. The largest absolute Gasteiger partial charge is 0.395 e. The van der Waals surface area contributed by atoms with Crippen LogP contribution in [0.4, 0.5) is 4.39 Å². The molecule has 0 aliphatic carbocycles. The minimum Gasteiger partial charge on any atom is -0.395 e. The molecule has 4 nitrogen and oxygen atoms in total. The Morgan fingerprint density at radius 2 is 2.17 bits per heavy atom. The van der Waals surface area contributed by atoms with Gasteiger partial charge in [0.1, 0.15) is 5.82 Å². The molecule has 0 bridgehead atoms. The third-order valence-corrected chi connectivity index (χ3v) is 2.84. The number of carbonyl (C=O) groups excluding carboxylic acids is 1. The van der Waals surface area contributed by atoms with E-state index in [0.29, 0.717) is 5.56 Å². The summed E-state index contributed by atoms with van der Waals surface area (Å²) < 4.78 is 13.3. The van der Waals surface area contributed by atoms with Crippen LogP contribution in [-0.4, -0.2) is 42.2 Å². The average Bonchev–Trinajstić information content (AvgIpc) is 2.36. The first-order valence-corrected chi connectivity index (χ1v) is 5.85. The van der Waals surface area contributed by atoms with Gasteiger partial charge >= 0.3 is 0 Å². The Labute approximate surface area is 106 Å². The van der Waals surface area contributed by atoms with E-state index in [1.165, 1.54) is 6.07 Å². The first-order chi connectivity index (χ1) is 8.54. The highest BCUT2D eigenvalue weighted by atomic mass is 19.1. The van der Waals surface area contributed by atoms with Crippen molar-refractivity contribution in [2.75, 3.05) is 20.2 Å². The van der Waals surface area contributed by atoms with Crippen LogP contribution in [0.25, 0.3) is 0 Å². The molecular weight excluding hydrogens is 235 g/mol. The Balaban J connectivity index is 2.40. The summed E-state index contributed by atoms with van der Waals surface area (Å²) in [6.45, 7) is 2.17. The van der Waals surface area contributed by atoms with E-state index in [-0.39, 0.29) is 37.5 Å². The molecule has 0 aliphatic rings. The molecule has 0 heterocycles. The highest BCUT2D eigenvalue weighted by Gasteiger charge is 2.12. The number of aliphatic hydroxyl groups excluding tert-OH is 1. The Kier molecular flexibility index (Phi) is 5.74. The van der Waals surface area contributed by atoms with E-state index in [2.05, 4.69) is 5.32 Å². The van der Waals surface area contributed by atoms with Gasteiger partial charge < -0.3 is 10.4 Å². The summed E-state index contributed by atoms with van der Waals surface area (Å²) in [7, 11) is 1.75. The van der Waals surface area contributed by atoms with Crippen molar-refractivity contribution in [1.82, 2.24) is 10.2 Å². The molecular formula is C13H19FN2O2. The summed E-state index contributed by atoms with van der Waals surface area (Å²) in [5.41, 5.74) is 0.462. The van der Waals surface area contributed by atoms with Gasteiger partial charge in [-0.15, -0.1) is 0 Å². The lowest BCUT2D eigenvalue weighted by atomic mass is 10.2. The van der Waals surface area contributed by atoms with Crippen molar-refractivity contribution in [3.63, 3.8) is 0 Å². The number of halogens is 1. The maximum atomic E-state index is 13.3. The first kappa shape index (κ1) is 14.6. The van der Waals surface area contributed by atoms with Crippen molar-refractivity contribution in [2.24, 2.45) is 0 Å². The van der Waals surface area contributed by atoms with Gasteiger partial charge in [0.25, 0.3) is 0 Å². The predicted molar refractivity (Wildman–Crippen MR) is 67.4 cm³/mol. The van der Waals surface area contributed by atoms with Crippen LogP contribution in [0.5, 0.6) is 0 Å². The van der Waals surface area contributed by atoms with Crippen LogP contribution in [0, 0.1) is 5.82 Å². The minimum atomic E-state index is -0.324. The van der Waals surface area contributed by atoms with Gasteiger partial charge in [0.15, 0.2) is 0 Å². The number of hydrogen-bond donors (Lipinski definition) is 2. The number of benzene rings is 1. The van der Waals surface area contributed by atoms with E-state index in [9.17, 15) is 9.18 Å². The van der Waals surface area contributed by atoms with Gasteiger partial charge in [-0.3, -0.25) is 9.69 Å². The molecule has 1 aromatic carbocycles. The van der Waals surface area contributed by atoms with Crippen LogP contribution in [0.1, 0.15) is 12.5 Å². The summed E-state index contributed by atoms with van der Waals surface area (Å²) in [5, 5.41) is 11.6. The fourth-order valence-electron chi connectivity index (χ4n) is 1.41. The van der Waals surface area contributed by atoms with E-state index in [0.717, 1.165) is 0 Å². The van der Waals surface area contributed by atoms with E-state index < -0.39 is 0 Å². The van der Waals surface area contributed by atoms with Crippen molar-refractivity contribution < 1.29 is 14.3 Å². The van der Waals surface area contributed by atoms with Gasteiger partial charge in [0.2, 0.25) is 5.91 Å². The zero-order valence-corrected chi connectivity index (χ0v) is 10.7. The van der Waals surface area contributed by atoms with Crippen molar-refractivity contribution in [2.45, 2.75) is 19.5 Å². The topological polar surface area (TPSA) is 52.6 Å². The predicted octanol–water partition coefficient (Wildman–Crippen LogP) is 0.754. The molecule has 1 atom stereocenters. The summed E-state index contributed by atoms with van der Waals surface area (Å²) >= 11 is 0. The van der Waals surface area contributed by atoms with Gasteiger partial charge in [0.05, 0.1) is 13.2 Å². The Morgan fingerprint density at radius 1 is 1.50 bits per heavy atom. The summed E-state index contributed by atoms with van der Waals surface area (Å²) in [5.74, 6) is -0.518. The van der Waals surface area contributed by atoms with Crippen molar-refractivity contribution in [3.8, 4) is 0 Å². The second kappa shape index (κ2) is 7.08. The number of amides is 1. The maximum Gasteiger partial charge on any atom is 0.234 e. The average molecular weight is 254 g/mol. The van der Waals surface area contributed by atoms with Crippen molar-refractivity contribution in [1.29, 1.82) is 0 Å². The molecule has 0 saturated carbocycles. The zero-order valence-electron chi connectivity index (χ0n) is 10.7. The summed E-state index contributed by atoms with van der Waals surface area (Å²) in [4.78, 5) is 13.3. The highest BCUT2D eigenvalue weighted by molar-refractivity contribution is 5.78. The number of carbonyl (C=O) groups is 1. The number of hydrogen-bond acceptors (Lipinski definition) is 3. The maximum absolute atomic E-state index is 13.3. The van der Waals surface area contributed by atoms with Crippen molar-refractivity contribution >= 4 is 5.91 Å². The smallest absolute Gasteiger partial charge is 0.234 e. The van der Waals surface area contributed by atoms with Gasteiger partial charge in [0, 0.05) is 18.2 Å². The molecule has 0 aromatic heterocycles. The Hall–Kier alpha value is -1.46. The Morgan fingerprint density at radius 3 is 2.78 bits per heavy atom. The van der Waals surface area contributed by atoms with Gasteiger partial charge in [-0.25, -0.2) is 4.39 Å². The lowest BCUT2D eigenvalue weighted by Gasteiger charge is -2.21. The van der Waals surface area contributed by atoms with Crippen LogP contribution in [0.15, 0.2) is 24.3 Å². The molecule has 1 amide bonds. The van der Waals surface area contributed by atoms with Crippen LogP contribution < -0.4 is 5.32 Å². The van der Waals surface area contributed by atoms with Crippen LogP contribution in [0.3, 0.4) is 0 Å². The zero-order chi connectivity index (χ0) is 13.5. The quantitative estimate of drug-likeness (QED) is 0.788. The second-order valence-corrected chi connectivity index (χ2v) is 4.31. The molecule has 100 valence electrons. The van der Waals surface area contributed by atoms with E-state index in [1.807, 2.05) is 6.92 Å². The highest BCUT2D eigenvalue weighted by Crippen LogP contribution is 2.05. The molecule has 5 heteroatoms. The van der Waals surface area contributed by atoms with Crippen LogP contribution in [-0.2, 0) is 11.3 Å². The van der Waals surface area contributed by atoms with Gasteiger partial charge in [-0.2, -0.15) is 0 Å². The molecule has 1 rings (SSSR count). The number of rotatable bonds is 6. The fourth-order valence-corrected chi connectivity index (χ4v) is 1.41. The molecule has 0 radical (unpaired) electrons. The molecule has 1 aromatic rings. The molecule has 0 spiro atoms. The van der Waals surface area contributed by atoms with E-state index in [4.69, 9.17) is 5.11 Å². The monoisotopic (exact) mass is 254 g/mol.